The lowest BCUT2D eigenvalue weighted by molar-refractivity contribution is 0.394. The van der Waals surface area contributed by atoms with Gasteiger partial charge in [0.1, 0.15) is 0 Å². The fraction of sp³-hybridized carbons (Fsp3) is 0.900. The van der Waals surface area contributed by atoms with Crippen molar-refractivity contribution in [3.8, 4) is 0 Å². The molecule has 0 aliphatic heterocycles. The zero-order chi connectivity index (χ0) is 8.74. The predicted molar refractivity (Wildman–Crippen MR) is 52.3 cm³/mol. The largest absolute Gasteiger partial charge is 0.300 e. The summed E-state index contributed by atoms with van der Waals surface area (Å²) in [5.74, 6) is 0. The summed E-state index contributed by atoms with van der Waals surface area (Å²) in [4.78, 5) is 4.12. The molecule has 0 aromatic rings. The number of hydrogen-bond acceptors (Lipinski definition) is 1. The van der Waals surface area contributed by atoms with Gasteiger partial charge in [-0.2, -0.15) is 0 Å². The Kier molecular flexibility index (Phi) is 5.18. The second-order valence-electron chi connectivity index (χ2n) is 3.54. The molecule has 1 heteroatoms. The summed E-state index contributed by atoms with van der Waals surface area (Å²) >= 11 is 0. The summed E-state index contributed by atoms with van der Waals surface area (Å²) in [5, 5.41) is 0. The molecule has 0 amide bonds. The van der Waals surface area contributed by atoms with E-state index in [2.05, 4.69) is 32.0 Å². The molecule has 0 saturated heterocycles. The van der Waals surface area contributed by atoms with Crippen LogP contribution in [0.3, 0.4) is 0 Å². The van der Waals surface area contributed by atoms with E-state index in [0.29, 0.717) is 5.41 Å². The van der Waals surface area contributed by atoms with Crippen LogP contribution < -0.4 is 0 Å². The Morgan fingerprint density at radius 1 is 1.18 bits per heavy atom. The van der Waals surface area contributed by atoms with E-state index < -0.39 is 0 Å². The highest BCUT2D eigenvalue weighted by atomic mass is 14.7. The molecule has 0 spiro atoms. The van der Waals surface area contributed by atoms with E-state index in [9.17, 15) is 0 Å². The summed E-state index contributed by atoms with van der Waals surface area (Å²) in [5.41, 5.74) is 0.359. The second kappa shape index (κ2) is 5.34. The third kappa shape index (κ3) is 4.18. The highest BCUT2D eigenvalue weighted by molar-refractivity contribution is 5.64. The maximum absolute atomic E-state index is 4.12. The van der Waals surface area contributed by atoms with Crippen LogP contribution in [0.4, 0.5) is 0 Å². The Bertz CT molecular complexity index is 110. The van der Waals surface area contributed by atoms with Gasteiger partial charge in [0.2, 0.25) is 0 Å². The standard InChI is InChI=1S/C10H21N/c1-5-7-10(3,8-6-2)9-11-4/h9H,5-8H2,1-4H3. The quantitative estimate of drug-likeness (QED) is 0.540. The maximum atomic E-state index is 4.12. The van der Waals surface area contributed by atoms with E-state index >= 15 is 0 Å². The van der Waals surface area contributed by atoms with Gasteiger partial charge in [-0.25, -0.2) is 0 Å². The minimum atomic E-state index is 0.359. The van der Waals surface area contributed by atoms with E-state index in [1.165, 1.54) is 25.7 Å². The van der Waals surface area contributed by atoms with E-state index in [0.717, 1.165) is 0 Å². The Morgan fingerprint density at radius 2 is 1.64 bits per heavy atom. The zero-order valence-corrected chi connectivity index (χ0v) is 8.35. The highest BCUT2D eigenvalue weighted by Crippen LogP contribution is 2.26. The van der Waals surface area contributed by atoms with Crippen molar-refractivity contribution in [3.05, 3.63) is 0 Å². The average molecular weight is 155 g/mol. The SMILES string of the molecule is CCCC(C)(C=NC)CCC. The van der Waals surface area contributed by atoms with Gasteiger partial charge in [0, 0.05) is 18.7 Å². The Balaban J connectivity index is 4.01. The molecule has 0 bridgehead atoms. The van der Waals surface area contributed by atoms with Crippen molar-refractivity contribution < 1.29 is 0 Å². The number of hydrogen-bond donors (Lipinski definition) is 0. The maximum Gasteiger partial charge on any atom is 0.0273 e. The lowest BCUT2D eigenvalue weighted by atomic mass is 9.83. The minimum absolute atomic E-state index is 0.359. The zero-order valence-electron chi connectivity index (χ0n) is 8.35. The van der Waals surface area contributed by atoms with Crippen molar-refractivity contribution in [1.82, 2.24) is 0 Å². The van der Waals surface area contributed by atoms with Gasteiger partial charge in [0.05, 0.1) is 0 Å². The van der Waals surface area contributed by atoms with Crippen LogP contribution in [0.5, 0.6) is 0 Å². The van der Waals surface area contributed by atoms with Crippen LogP contribution in [-0.2, 0) is 0 Å². The summed E-state index contributed by atoms with van der Waals surface area (Å²) in [6.45, 7) is 6.77. The molecule has 0 aromatic heterocycles. The third-order valence-corrected chi connectivity index (χ3v) is 2.08. The van der Waals surface area contributed by atoms with Crippen LogP contribution in [0, 0.1) is 5.41 Å². The van der Waals surface area contributed by atoms with Crippen molar-refractivity contribution in [1.29, 1.82) is 0 Å². The second-order valence-corrected chi connectivity index (χ2v) is 3.54. The van der Waals surface area contributed by atoms with E-state index in [-0.39, 0.29) is 0 Å². The summed E-state index contributed by atoms with van der Waals surface area (Å²) in [6, 6.07) is 0. The number of nitrogens with zero attached hydrogens (tertiary/aromatic N) is 1. The van der Waals surface area contributed by atoms with E-state index in [1.807, 2.05) is 7.05 Å². The monoisotopic (exact) mass is 155 g/mol. The van der Waals surface area contributed by atoms with Crippen molar-refractivity contribution in [2.45, 2.75) is 46.5 Å². The molecular weight excluding hydrogens is 134 g/mol. The predicted octanol–water partition coefficient (Wildman–Crippen LogP) is 3.29. The topological polar surface area (TPSA) is 12.4 Å². The Labute approximate surface area is 70.9 Å². The first-order valence-corrected chi connectivity index (χ1v) is 4.62. The lowest BCUT2D eigenvalue weighted by Gasteiger charge is -2.23. The Hall–Kier alpha value is -0.330. The molecule has 0 heterocycles. The van der Waals surface area contributed by atoms with Gasteiger partial charge >= 0.3 is 0 Å². The molecule has 66 valence electrons. The van der Waals surface area contributed by atoms with Gasteiger partial charge in [-0.15, -0.1) is 0 Å². The minimum Gasteiger partial charge on any atom is -0.300 e. The molecular formula is C10H21N. The van der Waals surface area contributed by atoms with Crippen molar-refractivity contribution in [2.24, 2.45) is 10.4 Å². The molecule has 0 N–H and O–H groups in total. The molecule has 0 unspecified atom stereocenters. The molecule has 0 rings (SSSR count). The molecule has 11 heavy (non-hydrogen) atoms. The van der Waals surface area contributed by atoms with Crippen molar-refractivity contribution >= 4 is 6.21 Å². The van der Waals surface area contributed by atoms with Crippen LogP contribution in [0.15, 0.2) is 4.99 Å². The summed E-state index contributed by atoms with van der Waals surface area (Å²) in [6.07, 6.45) is 7.14. The van der Waals surface area contributed by atoms with Crippen molar-refractivity contribution in [3.63, 3.8) is 0 Å². The fourth-order valence-corrected chi connectivity index (χ4v) is 1.71. The van der Waals surface area contributed by atoms with Crippen LogP contribution >= 0.6 is 0 Å². The first-order valence-electron chi connectivity index (χ1n) is 4.62. The molecule has 0 aliphatic carbocycles. The van der Waals surface area contributed by atoms with Gasteiger partial charge in [-0.3, -0.25) is 0 Å². The molecule has 0 fully saturated rings. The summed E-state index contributed by atoms with van der Waals surface area (Å²) in [7, 11) is 1.86. The molecule has 0 atom stereocenters. The van der Waals surface area contributed by atoms with Gasteiger partial charge < -0.3 is 4.99 Å². The van der Waals surface area contributed by atoms with Gasteiger partial charge in [-0.1, -0.05) is 33.6 Å². The third-order valence-electron chi connectivity index (χ3n) is 2.08. The molecule has 1 nitrogen and oxygen atoms in total. The van der Waals surface area contributed by atoms with Crippen molar-refractivity contribution in [2.75, 3.05) is 7.05 Å². The van der Waals surface area contributed by atoms with E-state index in [1.54, 1.807) is 0 Å². The van der Waals surface area contributed by atoms with Gasteiger partial charge in [-0.05, 0) is 12.8 Å². The average Bonchev–Trinajstić information content (AvgIpc) is 1.88. The Morgan fingerprint density at radius 3 is 1.91 bits per heavy atom. The highest BCUT2D eigenvalue weighted by Gasteiger charge is 2.18. The number of aliphatic imine (C=N–C) groups is 1. The number of rotatable bonds is 5. The van der Waals surface area contributed by atoms with Crippen LogP contribution in [-0.4, -0.2) is 13.3 Å². The van der Waals surface area contributed by atoms with Crippen LogP contribution in [0.1, 0.15) is 46.5 Å². The van der Waals surface area contributed by atoms with Gasteiger partial charge in [0.15, 0.2) is 0 Å². The normalized spacial score (nSPS) is 12.7. The molecule has 0 radical (unpaired) electrons. The van der Waals surface area contributed by atoms with Crippen LogP contribution in [0.2, 0.25) is 0 Å². The van der Waals surface area contributed by atoms with E-state index in [4.69, 9.17) is 0 Å². The fourth-order valence-electron chi connectivity index (χ4n) is 1.71. The molecule has 0 aliphatic rings. The van der Waals surface area contributed by atoms with Crippen LogP contribution in [0.25, 0.3) is 0 Å². The first-order chi connectivity index (χ1) is 5.18. The smallest absolute Gasteiger partial charge is 0.0273 e. The molecule has 0 saturated carbocycles. The molecule has 0 aromatic carbocycles. The van der Waals surface area contributed by atoms with Gasteiger partial charge in [0.25, 0.3) is 0 Å². The summed E-state index contributed by atoms with van der Waals surface area (Å²) < 4.78 is 0. The first kappa shape index (κ1) is 10.7. The lowest BCUT2D eigenvalue weighted by Crippen LogP contribution is -2.17.